The quantitative estimate of drug-likeness (QED) is 0.686. The Kier molecular flexibility index (Phi) is 8.40. The van der Waals surface area contributed by atoms with Crippen molar-refractivity contribution in [3.63, 3.8) is 0 Å². The van der Waals surface area contributed by atoms with E-state index in [0.717, 1.165) is 11.6 Å². The van der Waals surface area contributed by atoms with Crippen LogP contribution < -0.4 is 10.2 Å². The van der Waals surface area contributed by atoms with E-state index in [0.29, 0.717) is 43.9 Å². The highest BCUT2D eigenvalue weighted by Gasteiger charge is 2.36. The predicted molar refractivity (Wildman–Crippen MR) is 106 cm³/mol. The van der Waals surface area contributed by atoms with E-state index in [2.05, 4.69) is 15.5 Å². The van der Waals surface area contributed by atoms with E-state index in [1.54, 1.807) is 18.7 Å². The Morgan fingerprint density at radius 1 is 1.35 bits per heavy atom. The van der Waals surface area contributed by atoms with Gasteiger partial charge in [-0.25, -0.2) is 4.98 Å². The minimum absolute atomic E-state index is 0.0177. The molecule has 31 heavy (non-hydrogen) atoms. The minimum atomic E-state index is -4.42. The zero-order valence-corrected chi connectivity index (χ0v) is 17.3. The van der Waals surface area contributed by atoms with Crippen LogP contribution in [-0.4, -0.2) is 47.3 Å². The summed E-state index contributed by atoms with van der Waals surface area (Å²) in [5.41, 5.74) is 0.792. The average molecular weight is 442 g/mol. The lowest BCUT2D eigenvalue weighted by molar-refractivity contribution is -0.137. The van der Waals surface area contributed by atoms with Gasteiger partial charge in [-0.2, -0.15) is 13.2 Å². The SMILES string of the molecule is Cc1noc(C)c1CC(=O)NCC1CCN(c2ncccc2C(F)(F)F)CC1.O=CO. The number of carboxylic acid groups (broad SMARTS) is 1. The van der Waals surface area contributed by atoms with Crippen molar-refractivity contribution in [1.82, 2.24) is 15.5 Å². The number of rotatable bonds is 5. The molecular formula is C20H25F3N4O4. The van der Waals surface area contributed by atoms with Crippen molar-refractivity contribution in [3.05, 3.63) is 40.9 Å². The van der Waals surface area contributed by atoms with E-state index in [9.17, 15) is 18.0 Å². The Labute approximate surface area is 177 Å². The lowest BCUT2D eigenvalue weighted by Gasteiger charge is -2.34. The Balaban J connectivity index is 0.00000107. The zero-order valence-electron chi connectivity index (χ0n) is 17.3. The molecule has 0 radical (unpaired) electrons. The Morgan fingerprint density at radius 3 is 2.55 bits per heavy atom. The molecule has 170 valence electrons. The summed E-state index contributed by atoms with van der Waals surface area (Å²) in [4.78, 5) is 26.2. The molecule has 11 heteroatoms. The molecule has 8 nitrogen and oxygen atoms in total. The van der Waals surface area contributed by atoms with E-state index in [1.807, 2.05) is 0 Å². The Bertz CT molecular complexity index is 858. The van der Waals surface area contributed by atoms with E-state index in [4.69, 9.17) is 14.4 Å². The number of hydrogen-bond donors (Lipinski definition) is 2. The summed E-state index contributed by atoms with van der Waals surface area (Å²) in [6, 6.07) is 2.36. The fourth-order valence-electron chi connectivity index (χ4n) is 3.45. The summed E-state index contributed by atoms with van der Waals surface area (Å²) in [7, 11) is 0. The lowest BCUT2D eigenvalue weighted by Crippen LogP contribution is -2.40. The first-order valence-electron chi connectivity index (χ1n) is 9.70. The number of amides is 1. The number of pyridine rings is 1. The maximum atomic E-state index is 13.2. The van der Waals surface area contributed by atoms with Crippen molar-refractivity contribution in [2.75, 3.05) is 24.5 Å². The predicted octanol–water partition coefficient (Wildman–Crippen LogP) is 2.98. The highest BCUT2D eigenvalue weighted by Crippen LogP contribution is 2.36. The highest BCUT2D eigenvalue weighted by molar-refractivity contribution is 5.79. The maximum absolute atomic E-state index is 13.2. The Hall–Kier alpha value is -3.11. The van der Waals surface area contributed by atoms with Gasteiger partial charge in [-0.1, -0.05) is 5.16 Å². The molecular weight excluding hydrogens is 417 g/mol. The lowest BCUT2D eigenvalue weighted by atomic mass is 9.96. The maximum Gasteiger partial charge on any atom is 0.419 e. The molecule has 0 atom stereocenters. The van der Waals surface area contributed by atoms with Gasteiger partial charge in [0.15, 0.2) is 0 Å². The highest BCUT2D eigenvalue weighted by atomic mass is 19.4. The molecule has 1 aliphatic heterocycles. The van der Waals surface area contributed by atoms with E-state index < -0.39 is 11.7 Å². The van der Waals surface area contributed by atoms with Crippen LogP contribution in [0.2, 0.25) is 0 Å². The van der Waals surface area contributed by atoms with Gasteiger partial charge in [-0.05, 0) is 44.7 Å². The largest absolute Gasteiger partial charge is 0.483 e. The number of alkyl halides is 3. The second kappa shape index (κ2) is 10.8. The van der Waals surface area contributed by atoms with Crippen molar-refractivity contribution < 1.29 is 32.4 Å². The van der Waals surface area contributed by atoms with Gasteiger partial charge in [0.25, 0.3) is 6.47 Å². The van der Waals surface area contributed by atoms with Crippen molar-refractivity contribution in [2.45, 2.75) is 39.3 Å². The van der Waals surface area contributed by atoms with Gasteiger partial charge in [0.2, 0.25) is 5.91 Å². The summed E-state index contributed by atoms with van der Waals surface area (Å²) in [6.07, 6.45) is -1.44. The molecule has 0 aliphatic carbocycles. The fourth-order valence-corrected chi connectivity index (χ4v) is 3.45. The molecule has 2 aromatic heterocycles. The first-order valence-corrected chi connectivity index (χ1v) is 9.70. The van der Waals surface area contributed by atoms with Crippen LogP contribution in [-0.2, 0) is 22.2 Å². The van der Waals surface area contributed by atoms with Gasteiger partial charge < -0.3 is 19.8 Å². The van der Waals surface area contributed by atoms with Crippen LogP contribution >= 0.6 is 0 Å². The molecule has 1 aliphatic rings. The molecule has 2 aromatic rings. The monoisotopic (exact) mass is 442 g/mol. The number of nitrogens with zero attached hydrogens (tertiary/aromatic N) is 3. The number of piperidine rings is 1. The normalized spacial score (nSPS) is 14.5. The van der Waals surface area contributed by atoms with Crippen LogP contribution in [0.5, 0.6) is 0 Å². The van der Waals surface area contributed by atoms with Gasteiger partial charge in [0.05, 0.1) is 17.7 Å². The second-order valence-corrected chi connectivity index (χ2v) is 7.19. The summed E-state index contributed by atoms with van der Waals surface area (Å²) < 4.78 is 44.6. The molecule has 0 unspecified atom stereocenters. The third-order valence-electron chi connectivity index (χ3n) is 5.11. The third-order valence-corrected chi connectivity index (χ3v) is 5.11. The molecule has 0 aromatic carbocycles. The number of carbonyl (C=O) groups is 2. The van der Waals surface area contributed by atoms with E-state index >= 15 is 0 Å². The number of halogens is 3. The molecule has 1 amide bonds. The number of nitrogens with one attached hydrogen (secondary N) is 1. The average Bonchev–Trinajstić information content (AvgIpc) is 3.05. The fraction of sp³-hybridized carbons (Fsp3) is 0.500. The number of aromatic nitrogens is 2. The van der Waals surface area contributed by atoms with Gasteiger partial charge in [-0.15, -0.1) is 0 Å². The number of anilines is 1. The summed E-state index contributed by atoms with van der Waals surface area (Å²) in [5.74, 6) is 0.733. The third kappa shape index (κ3) is 6.69. The molecule has 3 rings (SSSR count). The molecule has 0 spiro atoms. The van der Waals surface area contributed by atoms with Crippen LogP contribution in [0.4, 0.5) is 19.0 Å². The van der Waals surface area contributed by atoms with Crippen LogP contribution in [0.1, 0.15) is 35.4 Å². The zero-order chi connectivity index (χ0) is 23.0. The summed E-state index contributed by atoms with van der Waals surface area (Å²) in [5, 5.41) is 13.6. The molecule has 0 bridgehead atoms. The number of carbonyl (C=O) groups excluding carboxylic acids is 1. The van der Waals surface area contributed by atoms with E-state index in [1.165, 1.54) is 12.3 Å². The minimum Gasteiger partial charge on any atom is -0.483 e. The molecule has 0 saturated carbocycles. The van der Waals surface area contributed by atoms with E-state index in [-0.39, 0.29) is 30.5 Å². The van der Waals surface area contributed by atoms with Crippen LogP contribution in [0.15, 0.2) is 22.9 Å². The molecule has 1 fully saturated rings. The van der Waals surface area contributed by atoms with Crippen molar-refractivity contribution in [1.29, 1.82) is 0 Å². The van der Waals surface area contributed by atoms with Gasteiger partial charge in [-0.3, -0.25) is 9.59 Å². The second-order valence-electron chi connectivity index (χ2n) is 7.19. The van der Waals surface area contributed by atoms with Crippen LogP contribution in [0.3, 0.4) is 0 Å². The molecule has 1 saturated heterocycles. The van der Waals surface area contributed by atoms with Gasteiger partial charge >= 0.3 is 6.18 Å². The van der Waals surface area contributed by atoms with Crippen molar-refractivity contribution >= 4 is 18.2 Å². The summed E-state index contributed by atoms with van der Waals surface area (Å²) in [6.45, 7) is 4.77. The number of hydrogen-bond acceptors (Lipinski definition) is 6. The topological polar surface area (TPSA) is 109 Å². The standard InChI is InChI=1S/C19H23F3N4O2.CH2O2/c1-12-15(13(2)28-25-12)10-17(27)24-11-14-5-8-26(9-6-14)18-16(19(20,21)22)4-3-7-23-18;2-1-3/h3-4,7,14H,5-6,8-11H2,1-2H3,(H,24,27);1H,(H,2,3). The number of aryl methyl sites for hydroxylation is 2. The van der Waals surface area contributed by atoms with Crippen LogP contribution in [0.25, 0.3) is 0 Å². The smallest absolute Gasteiger partial charge is 0.419 e. The van der Waals surface area contributed by atoms with Gasteiger partial charge in [0, 0.05) is 31.4 Å². The first-order chi connectivity index (χ1) is 14.7. The van der Waals surface area contributed by atoms with Crippen LogP contribution in [0, 0.1) is 19.8 Å². The van der Waals surface area contributed by atoms with Crippen molar-refractivity contribution in [2.24, 2.45) is 5.92 Å². The Morgan fingerprint density at radius 2 is 2.00 bits per heavy atom. The van der Waals surface area contributed by atoms with Gasteiger partial charge in [0.1, 0.15) is 11.6 Å². The van der Waals surface area contributed by atoms with Crippen molar-refractivity contribution in [3.8, 4) is 0 Å². The molecule has 3 heterocycles. The first kappa shape index (κ1) is 24.2. The summed E-state index contributed by atoms with van der Waals surface area (Å²) >= 11 is 0. The molecule has 2 N–H and O–H groups in total.